The van der Waals surface area contributed by atoms with Crippen LogP contribution in [0.25, 0.3) is 0 Å². The Kier molecular flexibility index (Phi) is 6.10. The quantitative estimate of drug-likeness (QED) is 0.376. The second kappa shape index (κ2) is 9.06. The SMILES string of the molecule is C[C@@H]1CC[C@@]2(OC1)O[C@H]1C[C@H]3[C@@H]4CC[C@H]5C[C@H](OC(=O)c6ccccc6)CC[C@]5(C)[C@@H]4CC[C@]3(C)[C@H]1[C@@H]2C. The van der Waals surface area contributed by atoms with E-state index in [2.05, 4.69) is 27.7 Å². The molecule has 38 heavy (non-hydrogen) atoms. The summed E-state index contributed by atoms with van der Waals surface area (Å²) in [5.74, 6) is 4.41. The Hall–Kier alpha value is -1.39. The molecule has 4 saturated carbocycles. The highest BCUT2D eigenvalue weighted by Gasteiger charge is 2.69. The molecule has 6 fully saturated rings. The molecule has 0 radical (unpaired) electrons. The summed E-state index contributed by atoms with van der Waals surface area (Å²) in [4.78, 5) is 12.7. The molecule has 0 unspecified atom stereocenters. The van der Waals surface area contributed by atoms with Crippen LogP contribution in [-0.2, 0) is 14.2 Å². The number of rotatable bonds is 2. The number of ether oxygens (including phenoxy) is 3. The number of carbonyl (C=O) groups excluding carboxylic acids is 1. The second-order valence-corrected chi connectivity index (χ2v) is 14.8. The lowest BCUT2D eigenvalue weighted by atomic mass is 9.44. The van der Waals surface area contributed by atoms with Crippen molar-refractivity contribution in [2.45, 2.75) is 110 Å². The first kappa shape index (κ1) is 25.6. The Morgan fingerprint density at radius 2 is 1.68 bits per heavy atom. The van der Waals surface area contributed by atoms with Crippen molar-refractivity contribution in [3.8, 4) is 0 Å². The lowest BCUT2D eigenvalue weighted by Crippen LogP contribution is -2.55. The van der Waals surface area contributed by atoms with E-state index >= 15 is 0 Å². The van der Waals surface area contributed by atoms with Crippen LogP contribution in [0.4, 0.5) is 0 Å². The first-order valence-electron chi connectivity index (χ1n) is 15.8. The molecule has 0 amide bonds. The smallest absolute Gasteiger partial charge is 0.338 e. The van der Waals surface area contributed by atoms with Crippen LogP contribution in [0.2, 0.25) is 0 Å². The first-order valence-corrected chi connectivity index (χ1v) is 15.8. The van der Waals surface area contributed by atoms with Crippen LogP contribution in [0.3, 0.4) is 0 Å². The Balaban J connectivity index is 1.05. The van der Waals surface area contributed by atoms with Crippen LogP contribution in [0.1, 0.15) is 102 Å². The fourth-order valence-electron chi connectivity index (χ4n) is 11.1. The number of hydrogen-bond acceptors (Lipinski definition) is 4. The summed E-state index contributed by atoms with van der Waals surface area (Å²) in [6.07, 6.45) is 12.6. The van der Waals surface area contributed by atoms with Gasteiger partial charge in [-0.25, -0.2) is 4.79 Å². The Morgan fingerprint density at radius 3 is 2.45 bits per heavy atom. The van der Waals surface area contributed by atoms with E-state index in [-0.39, 0.29) is 17.9 Å². The van der Waals surface area contributed by atoms with E-state index in [0.717, 1.165) is 43.6 Å². The minimum atomic E-state index is -0.314. The Morgan fingerprint density at radius 1 is 0.895 bits per heavy atom. The zero-order valence-corrected chi connectivity index (χ0v) is 24.0. The van der Waals surface area contributed by atoms with E-state index in [4.69, 9.17) is 14.2 Å². The minimum absolute atomic E-state index is 0.0701. The molecule has 0 N–H and O–H groups in total. The molecule has 1 aromatic carbocycles. The van der Waals surface area contributed by atoms with Crippen molar-refractivity contribution in [1.82, 2.24) is 0 Å². The lowest BCUT2D eigenvalue weighted by molar-refractivity contribution is -0.273. The maximum absolute atomic E-state index is 12.7. The highest BCUT2D eigenvalue weighted by atomic mass is 16.7. The molecule has 6 aliphatic rings. The van der Waals surface area contributed by atoms with E-state index in [1.54, 1.807) is 0 Å². The number of fused-ring (bicyclic) bond motifs is 7. The van der Waals surface area contributed by atoms with Gasteiger partial charge in [-0.15, -0.1) is 0 Å². The molecule has 4 heteroatoms. The van der Waals surface area contributed by atoms with E-state index in [1.807, 2.05) is 30.3 Å². The summed E-state index contributed by atoms with van der Waals surface area (Å²) in [6, 6.07) is 9.51. The summed E-state index contributed by atoms with van der Waals surface area (Å²) in [5.41, 5.74) is 1.44. The van der Waals surface area contributed by atoms with Gasteiger partial charge in [0.2, 0.25) is 0 Å². The normalized spacial score (nSPS) is 51.5. The first-order chi connectivity index (χ1) is 18.2. The zero-order valence-electron chi connectivity index (χ0n) is 24.0. The molecule has 2 saturated heterocycles. The predicted octanol–water partition coefficient (Wildman–Crippen LogP) is 7.66. The third kappa shape index (κ3) is 3.71. The molecule has 0 aromatic heterocycles. The average Bonchev–Trinajstić information content (AvgIpc) is 3.36. The van der Waals surface area contributed by atoms with Gasteiger partial charge in [0.1, 0.15) is 6.10 Å². The van der Waals surface area contributed by atoms with Crippen LogP contribution in [-0.4, -0.2) is 30.6 Å². The molecule has 0 bridgehead atoms. The van der Waals surface area contributed by atoms with E-state index in [9.17, 15) is 4.79 Å². The minimum Gasteiger partial charge on any atom is -0.459 e. The molecule has 12 atom stereocenters. The monoisotopic (exact) mass is 520 g/mol. The van der Waals surface area contributed by atoms with Gasteiger partial charge in [0.05, 0.1) is 18.3 Å². The largest absolute Gasteiger partial charge is 0.459 e. The van der Waals surface area contributed by atoms with Gasteiger partial charge in [-0.1, -0.05) is 45.9 Å². The van der Waals surface area contributed by atoms with Crippen molar-refractivity contribution in [3.05, 3.63) is 35.9 Å². The van der Waals surface area contributed by atoms with Gasteiger partial charge >= 0.3 is 5.97 Å². The van der Waals surface area contributed by atoms with Crippen LogP contribution in [0.15, 0.2) is 30.3 Å². The maximum atomic E-state index is 12.7. The van der Waals surface area contributed by atoms with Gasteiger partial charge in [-0.05, 0) is 116 Å². The highest BCUT2D eigenvalue weighted by molar-refractivity contribution is 5.89. The number of hydrogen-bond donors (Lipinski definition) is 0. The molecule has 1 aromatic rings. The van der Waals surface area contributed by atoms with E-state index < -0.39 is 0 Å². The maximum Gasteiger partial charge on any atom is 0.338 e. The standard InChI is InChI=1S/C34H48O4/c1-21-12-17-34(36-20-21)22(2)30-29(38-34)19-28-26-11-10-24-18-25(37-31(35)23-8-6-5-7-9-23)13-15-32(24,3)27(26)14-16-33(28,30)4/h5-9,21-22,24-30H,10-20H2,1-4H3/t21-,22+,24+,25-,26-,27-,28+,29+,30+,32+,33+,34-/m1/s1. The summed E-state index contributed by atoms with van der Waals surface area (Å²) in [5, 5.41) is 0. The average molecular weight is 521 g/mol. The fourth-order valence-corrected chi connectivity index (χ4v) is 11.1. The van der Waals surface area contributed by atoms with Gasteiger partial charge in [0, 0.05) is 12.3 Å². The van der Waals surface area contributed by atoms with Gasteiger partial charge in [-0.3, -0.25) is 0 Å². The van der Waals surface area contributed by atoms with Crippen LogP contribution < -0.4 is 0 Å². The Bertz CT molecular complexity index is 1050. The summed E-state index contributed by atoms with van der Waals surface area (Å²) >= 11 is 0. The van der Waals surface area contributed by atoms with Gasteiger partial charge < -0.3 is 14.2 Å². The molecule has 4 nitrogen and oxygen atoms in total. The van der Waals surface area contributed by atoms with E-state index in [1.165, 1.54) is 44.9 Å². The fraction of sp³-hybridized carbons (Fsp3) is 0.794. The van der Waals surface area contributed by atoms with E-state index in [0.29, 0.717) is 46.2 Å². The van der Waals surface area contributed by atoms with Crippen molar-refractivity contribution in [2.24, 2.45) is 52.3 Å². The zero-order chi connectivity index (χ0) is 26.3. The molecule has 7 rings (SSSR count). The lowest BCUT2D eigenvalue weighted by Gasteiger charge is -2.61. The third-order valence-electron chi connectivity index (χ3n) is 13.2. The summed E-state index contributed by atoms with van der Waals surface area (Å²) < 4.78 is 19.5. The highest BCUT2D eigenvalue weighted by Crippen LogP contribution is 2.71. The number of benzene rings is 1. The number of carbonyl (C=O) groups is 1. The van der Waals surface area contributed by atoms with Gasteiger partial charge in [-0.2, -0.15) is 0 Å². The van der Waals surface area contributed by atoms with Crippen LogP contribution >= 0.6 is 0 Å². The molecule has 4 aliphatic carbocycles. The topological polar surface area (TPSA) is 44.8 Å². The van der Waals surface area contributed by atoms with Gasteiger partial charge in [0.15, 0.2) is 5.79 Å². The third-order valence-corrected chi connectivity index (χ3v) is 13.2. The molecular formula is C34H48O4. The van der Waals surface area contributed by atoms with Crippen molar-refractivity contribution in [1.29, 1.82) is 0 Å². The van der Waals surface area contributed by atoms with Crippen LogP contribution in [0, 0.1) is 52.3 Å². The summed E-state index contributed by atoms with van der Waals surface area (Å²) in [6.45, 7) is 10.9. The summed E-state index contributed by atoms with van der Waals surface area (Å²) in [7, 11) is 0. The van der Waals surface area contributed by atoms with Crippen molar-refractivity contribution in [3.63, 3.8) is 0 Å². The molecular weight excluding hydrogens is 472 g/mol. The van der Waals surface area contributed by atoms with Gasteiger partial charge in [0.25, 0.3) is 0 Å². The Labute approximate surface area is 229 Å². The molecule has 208 valence electrons. The van der Waals surface area contributed by atoms with Crippen molar-refractivity contribution >= 4 is 5.97 Å². The van der Waals surface area contributed by atoms with Crippen LogP contribution in [0.5, 0.6) is 0 Å². The van der Waals surface area contributed by atoms with Crippen molar-refractivity contribution in [2.75, 3.05) is 6.61 Å². The second-order valence-electron chi connectivity index (χ2n) is 14.8. The van der Waals surface area contributed by atoms with Crippen molar-refractivity contribution < 1.29 is 19.0 Å². The molecule has 2 heterocycles. The molecule has 2 aliphatic heterocycles. The molecule has 1 spiro atoms. The number of esters is 1. The predicted molar refractivity (Wildman–Crippen MR) is 147 cm³/mol.